The fraction of sp³-hybridized carbons (Fsp3) is 0.667. The summed E-state index contributed by atoms with van der Waals surface area (Å²) in [5.41, 5.74) is 5.47. The number of nitrogens with one attached hydrogen (secondary N) is 1. The zero-order valence-corrected chi connectivity index (χ0v) is 13.0. The van der Waals surface area contributed by atoms with E-state index < -0.39 is 10.0 Å². The van der Waals surface area contributed by atoms with Crippen molar-refractivity contribution < 1.29 is 13.2 Å². The topological polar surface area (TPSA) is 84.7 Å². The van der Waals surface area contributed by atoms with E-state index >= 15 is 0 Å². The second-order valence-electron chi connectivity index (χ2n) is 4.61. The quantitative estimate of drug-likeness (QED) is 0.731. The summed E-state index contributed by atoms with van der Waals surface area (Å²) >= 11 is 1.29. The van der Waals surface area contributed by atoms with Crippen molar-refractivity contribution >= 4 is 21.4 Å². The molecule has 0 aliphatic carbocycles. The molecule has 1 aromatic heterocycles. The van der Waals surface area contributed by atoms with Gasteiger partial charge in [-0.25, -0.2) is 13.1 Å². The molecule has 6 nitrogen and oxygen atoms in total. The average Bonchev–Trinajstić information content (AvgIpc) is 2.90. The van der Waals surface area contributed by atoms with Gasteiger partial charge < -0.3 is 10.5 Å². The number of nitrogens with two attached hydrogens (primary N) is 1. The van der Waals surface area contributed by atoms with Gasteiger partial charge in [0, 0.05) is 31.1 Å². The third-order valence-corrected chi connectivity index (χ3v) is 6.21. The molecular weight excluding hydrogens is 298 g/mol. The molecule has 0 radical (unpaired) electrons. The molecule has 2 heterocycles. The van der Waals surface area contributed by atoms with Crippen LogP contribution >= 0.6 is 11.3 Å². The van der Waals surface area contributed by atoms with E-state index in [0.29, 0.717) is 30.3 Å². The first kappa shape index (κ1) is 15.9. The van der Waals surface area contributed by atoms with Gasteiger partial charge in [0.15, 0.2) is 0 Å². The minimum absolute atomic E-state index is 0.364. The van der Waals surface area contributed by atoms with Crippen LogP contribution in [0.3, 0.4) is 0 Å². The SMILES string of the molecule is NCCc1ccc(S(=O)(=O)NCCN2CCOCC2)s1. The maximum Gasteiger partial charge on any atom is 0.250 e. The summed E-state index contributed by atoms with van der Waals surface area (Å²) in [7, 11) is -3.39. The van der Waals surface area contributed by atoms with Gasteiger partial charge in [-0.1, -0.05) is 0 Å². The standard InChI is InChI=1S/C12H21N3O3S2/c13-4-3-11-1-2-12(19-11)20(16,17)14-5-6-15-7-9-18-10-8-15/h1-2,14H,3-10,13H2. The van der Waals surface area contributed by atoms with Crippen LogP contribution in [0.2, 0.25) is 0 Å². The zero-order chi connectivity index (χ0) is 14.4. The predicted octanol–water partition coefficient (Wildman–Crippen LogP) is -0.140. The number of nitrogens with zero attached hydrogens (tertiary/aromatic N) is 1. The molecule has 0 saturated carbocycles. The molecule has 1 aromatic rings. The Labute approximate surface area is 124 Å². The van der Waals surface area contributed by atoms with E-state index in [4.69, 9.17) is 10.5 Å². The highest BCUT2D eigenvalue weighted by molar-refractivity contribution is 7.91. The molecule has 0 amide bonds. The first-order valence-corrected chi connectivity index (χ1v) is 9.00. The highest BCUT2D eigenvalue weighted by Crippen LogP contribution is 2.21. The third-order valence-electron chi connectivity index (χ3n) is 3.12. The molecule has 1 saturated heterocycles. The normalized spacial score (nSPS) is 17.4. The minimum atomic E-state index is -3.39. The summed E-state index contributed by atoms with van der Waals surface area (Å²) in [6.45, 7) is 4.84. The van der Waals surface area contributed by atoms with Crippen LogP contribution in [0.5, 0.6) is 0 Å². The molecule has 3 N–H and O–H groups in total. The van der Waals surface area contributed by atoms with Crippen molar-refractivity contribution in [1.82, 2.24) is 9.62 Å². The molecule has 0 atom stereocenters. The second kappa shape index (κ2) is 7.48. The van der Waals surface area contributed by atoms with Crippen LogP contribution in [0.4, 0.5) is 0 Å². The summed E-state index contributed by atoms with van der Waals surface area (Å²) in [4.78, 5) is 3.20. The lowest BCUT2D eigenvalue weighted by Gasteiger charge is -2.26. The Hall–Kier alpha value is -0.510. The number of thiophene rings is 1. The van der Waals surface area contributed by atoms with Crippen LogP contribution in [0.1, 0.15) is 4.88 Å². The van der Waals surface area contributed by atoms with Crippen molar-refractivity contribution in [2.45, 2.75) is 10.6 Å². The Morgan fingerprint density at radius 3 is 2.80 bits per heavy atom. The largest absolute Gasteiger partial charge is 0.379 e. The first-order valence-electron chi connectivity index (χ1n) is 6.70. The summed E-state index contributed by atoms with van der Waals surface area (Å²) in [5.74, 6) is 0. The number of sulfonamides is 1. The van der Waals surface area contributed by atoms with E-state index in [1.54, 1.807) is 6.07 Å². The van der Waals surface area contributed by atoms with Crippen LogP contribution in [-0.4, -0.2) is 59.3 Å². The first-order chi connectivity index (χ1) is 9.62. The number of hydrogen-bond donors (Lipinski definition) is 2. The molecule has 0 spiro atoms. The third kappa shape index (κ3) is 4.51. The van der Waals surface area contributed by atoms with E-state index in [9.17, 15) is 8.42 Å². The number of hydrogen-bond acceptors (Lipinski definition) is 6. The van der Waals surface area contributed by atoms with Gasteiger partial charge in [-0.2, -0.15) is 0 Å². The second-order valence-corrected chi connectivity index (χ2v) is 7.77. The highest BCUT2D eigenvalue weighted by atomic mass is 32.2. The van der Waals surface area contributed by atoms with Gasteiger partial charge >= 0.3 is 0 Å². The van der Waals surface area contributed by atoms with Crippen molar-refractivity contribution in [3.05, 3.63) is 17.0 Å². The molecule has 1 fully saturated rings. The molecule has 0 aromatic carbocycles. The highest BCUT2D eigenvalue weighted by Gasteiger charge is 2.17. The van der Waals surface area contributed by atoms with E-state index in [1.807, 2.05) is 6.07 Å². The van der Waals surface area contributed by atoms with Crippen molar-refractivity contribution in [2.75, 3.05) is 45.9 Å². The smallest absolute Gasteiger partial charge is 0.250 e. The summed E-state index contributed by atoms with van der Waals surface area (Å²) in [6.07, 6.45) is 0.716. The molecule has 1 aliphatic heterocycles. The summed E-state index contributed by atoms with van der Waals surface area (Å²) in [5, 5.41) is 0. The monoisotopic (exact) mass is 319 g/mol. The van der Waals surface area contributed by atoms with Gasteiger partial charge in [0.05, 0.1) is 13.2 Å². The minimum Gasteiger partial charge on any atom is -0.379 e. The fourth-order valence-corrected chi connectivity index (χ4v) is 4.45. The Bertz CT molecular complexity index is 510. The van der Waals surface area contributed by atoms with Gasteiger partial charge in [-0.15, -0.1) is 11.3 Å². The van der Waals surface area contributed by atoms with Gasteiger partial charge in [-0.3, -0.25) is 4.90 Å². The van der Waals surface area contributed by atoms with E-state index in [-0.39, 0.29) is 0 Å². The molecule has 20 heavy (non-hydrogen) atoms. The fourth-order valence-electron chi connectivity index (χ4n) is 2.01. The van der Waals surface area contributed by atoms with E-state index in [1.165, 1.54) is 11.3 Å². The Morgan fingerprint density at radius 1 is 1.35 bits per heavy atom. The molecule has 0 unspecified atom stereocenters. The molecule has 1 aliphatic rings. The Morgan fingerprint density at radius 2 is 2.10 bits per heavy atom. The van der Waals surface area contributed by atoms with Crippen LogP contribution < -0.4 is 10.5 Å². The van der Waals surface area contributed by atoms with Crippen molar-refractivity contribution in [2.24, 2.45) is 5.73 Å². The molecular formula is C12H21N3O3S2. The maximum atomic E-state index is 12.1. The molecule has 8 heteroatoms. The molecule has 0 bridgehead atoms. The van der Waals surface area contributed by atoms with Crippen LogP contribution in [0.15, 0.2) is 16.3 Å². The van der Waals surface area contributed by atoms with Gasteiger partial charge in [0.25, 0.3) is 0 Å². The number of morpholine rings is 1. The lowest BCUT2D eigenvalue weighted by atomic mass is 10.3. The average molecular weight is 319 g/mol. The van der Waals surface area contributed by atoms with Crippen LogP contribution in [-0.2, 0) is 21.2 Å². The zero-order valence-electron chi connectivity index (χ0n) is 11.4. The number of ether oxygens (including phenoxy) is 1. The van der Waals surface area contributed by atoms with Gasteiger partial charge in [-0.05, 0) is 25.1 Å². The van der Waals surface area contributed by atoms with Crippen molar-refractivity contribution in [1.29, 1.82) is 0 Å². The summed E-state index contributed by atoms with van der Waals surface area (Å²) in [6, 6.07) is 3.47. The van der Waals surface area contributed by atoms with Crippen molar-refractivity contribution in [3.8, 4) is 0 Å². The van der Waals surface area contributed by atoms with Crippen molar-refractivity contribution in [3.63, 3.8) is 0 Å². The lowest BCUT2D eigenvalue weighted by Crippen LogP contribution is -2.41. The van der Waals surface area contributed by atoms with Gasteiger partial charge in [0.1, 0.15) is 4.21 Å². The summed E-state index contributed by atoms with van der Waals surface area (Å²) < 4.78 is 32.5. The predicted molar refractivity (Wildman–Crippen MR) is 79.5 cm³/mol. The lowest BCUT2D eigenvalue weighted by molar-refractivity contribution is 0.0390. The number of rotatable bonds is 7. The Balaban J connectivity index is 1.83. The molecule has 114 valence electrons. The van der Waals surface area contributed by atoms with Crippen LogP contribution in [0.25, 0.3) is 0 Å². The van der Waals surface area contributed by atoms with Gasteiger partial charge in [0.2, 0.25) is 10.0 Å². The molecule has 2 rings (SSSR count). The van der Waals surface area contributed by atoms with E-state index in [0.717, 1.165) is 31.2 Å². The Kier molecular flexibility index (Phi) is 5.94. The maximum absolute atomic E-state index is 12.1. The van der Waals surface area contributed by atoms with E-state index in [2.05, 4.69) is 9.62 Å². The van der Waals surface area contributed by atoms with Crippen LogP contribution in [0, 0.1) is 0 Å².